The van der Waals surface area contributed by atoms with E-state index >= 15 is 0 Å². The Bertz CT molecular complexity index is 1290. The summed E-state index contributed by atoms with van der Waals surface area (Å²) >= 11 is 0. The molecule has 1 amide bonds. The molecule has 3 aromatic rings. The number of rotatable bonds is 12. The number of benzene rings is 3. The van der Waals surface area contributed by atoms with Gasteiger partial charge >= 0.3 is 0 Å². The van der Waals surface area contributed by atoms with E-state index in [2.05, 4.69) is 16.0 Å². The standard InChI is InChI=1S/C30H38F2N4O4S/c1-2-34-26-15-23(16-27(18-26)36-10-6-7-11-41(36,39)40)30(38)35-28(14-21-8-4-3-5-9-21)29(37)20-33-19-22-12-24(31)17-25(32)13-22/h3-5,8-9,12-13,15-18,28-29,33-34,37,39-40H,2,6-7,10-11,14,19-20H2,1H3,(H,35,38)/t28-,29+/m0/s1. The van der Waals surface area contributed by atoms with Crippen molar-refractivity contribution in [2.24, 2.45) is 0 Å². The van der Waals surface area contributed by atoms with E-state index in [1.807, 2.05) is 37.3 Å². The molecule has 4 rings (SSSR count). The van der Waals surface area contributed by atoms with Gasteiger partial charge in [-0.15, -0.1) is 10.8 Å². The van der Waals surface area contributed by atoms with Gasteiger partial charge in [-0.05, 0) is 67.6 Å². The van der Waals surface area contributed by atoms with Gasteiger partial charge in [0, 0.05) is 43.5 Å². The third kappa shape index (κ3) is 8.64. The molecule has 2 atom stereocenters. The van der Waals surface area contributed by atoms with Crippen LogP contribution in [0.2, 0.25) is 0 Å². The summed E-state index contributed by atoms with van der Waals surface area (Å²) in [6.45, 7) is 3.20. The van der Waals surface area contributed by atoms with Crippen molar-refractivity contribution in [3.05, 3.63) is 95.1 Å². The second kappa shape index (κ2) is 14.1. The maximum absolute atomic E-state index is 13.6. The number of carbonyl (C=O) groups excluding carboxylic acids is 1. The Hall–Kier alpha value is -3.22. The van der Waals surface area contributed by atoms with Gasteiger partial charge in [-0.1, -0.05) is 30.3 Å². The molecule has 0 spiro atoms. The first kappa shape index (κ1) is 30.7. The number of aliphatic hydroxyl groups is 1. The molecule has 3 aromatic carbocycles. The van der Waals surface area contributed by atoms with Crippen LogP contribution in [0.1, 0.15) is 41.3 Å². The summed E-state index contributed by atoms with van der Waals surface area (Å²) in [6.07, 6.45) is 0.850. The van der Waals surface area contributed by atoms with Crippen LogP contribution in [-0.4, -0.2) is 57.7 Å². The molecule has 222 valence electrons. The van der Waals surface area contributed by atoms with Crippen molar-refractivity contribution in [2.45, 2.75) is 44.9 Å². The molecular formula is C30H38F2N4O4S. The van der Waals surface area contributed by atoms with Gasteiger partial charge in [0.25, 0.3) is 5.91 Å². The molecule has 1 fully saturated rings. The maximum atomic E-state index is 13.6. The Kier molecular flexibility index (Phi) is 10.6. The van der Waals surface area contributed by atoms with E-state index in [9.17, 15) is 27.8 Å². The maximum Gasteiger partial charge on any atom is 0.251 e. The SMILES string of the molecule is CCNc1cc(C(=O)N[C@@H](Cc2ccccc2)[C@H](O)CNCc2cc(F)cc(F)c2)cc(N2CCCCS2(O)O)c1. The molecule has 1 aliphatic rings. The second-order valence-electron chi connectivity index (χ2n) is 10.2. The number of amides is 1. The average molecular weight is 589 g/mol. The Balaban J connectivity index is 1.53. The Morgan fingerprint density at radius 3 is 2.41 bits per heavy atom. The van der Waals surface area contributed by atoms with Gasteiger partial charge < -0.3 is 21.1 Å². The van der Waals surface area contributed by atoms with Crippen molar-refractivity contribution in [3.63, 3.8) is 0 Å². The quantitative estimate of drug-likeness (QED) is 0.173. The fourth-order valence-corrected chi connectivity index (χ4v) is 6.60. The molecule has 0 bridgehead atoms. The highest BCUT2D eigenvalue weighted by molar-refractivity contribution is 8.25. The highest BCUT2D eigenvalue weighted by Gasteiger charge is 2.28. The van der Waals surface area contributed by atoms with E-state index in [0.29, 0.717) is 42.0 Å². The van der Waals surface area contributed by atoms with Crippen molar-refractivity contribution >= 4 is 28.1 Å². The van der Waals surface area contributed by atoms with E-state index < -0.39 is 40.5 Å². The fourth-order valence-electron chi connectivity index (χ4n) is 4.92. The van der Waals surface area contributed by atoms with Gasteiger partial charge in [-0.25, -0.2) is 8.78 Å². The third-order valence-corrected chi connectivity index (χ3v) is 8.85. The van der Waals surface area contributed by atoms with Crippen molar-refractivity contribution in [1.29, 1.82) is 0 Å². The monoisotopic (exact) mass is 588 g/mol. The Morgan fingerprint density at radius 2 is 1.73 bits per heavy atom. The lowest BCUT2D eigenvalue weighted by atomic mass is 10.00. The lowest BCUT2D eigenvalue weighted by Crippen LogP contribution is -2.48. The predicted octanol–water partition coefficient (Wildman–Crippen LogP) is 5.15. The van der Waals surface area contributed by atoms with Crippen molar-refractivity contribution in [1.82, 2.24) is 10.6 Å². The zero-order valence-corrected chi connectivity index (χ0v) is 23.8. The highest BCUT2D eigenvalue weighted by Crippen LogP contribution is 2.50. The van der Waals surface area contributed by atoms with Crippen molar-refractivity contribution < 1.29 is 27.8 Å². The van der Waals surface area contributed by atoms with Crippen LogP contribution < -0.4 is 20.3 Å². The number of anilines is 2. The third-order valence-electron chi connectivity index (χ3n) is 6.92. The van der Waals surface area contributed by atoms with Crippen LogP contribution in [0.5, 0.6) is 0 Å². The van der Waals surface area contributed by atoms with Gasteiger partial charge in [-0.3, -0.25) is 18.2 Å². The molecule has 0 radical (unpaired) electrons. The van der Waals surface area contributed by atoms with Gasteiger partial charge in [-0.2, -0.15) is 0 Å². The highest BCUT2D eigenvalue weighted by atomic mass is 32.3. The van der Waals surface area contributed by atoms with Crippen molar-refractivity contribution in [3.8, 4) is 0 Å². The summed E-state index contributed by atoms with van der Waals surface area (Å²) in [5.41, 5.74) is 2.83. The minimum atomic E-state index is -2.99. The molecule has 1 aliphatic heterocycles. The second-order valence-corrected chi connectivity index (χ2v) is 12.3. The lowest BCUT2D eigenvalue weighted by Gasteiger charge is -2.47. The predicted molar refractivity (Wildman–Crippen MR) is 160 cm³/mol. The summed E-state index contributed by atoms with van der Waals surface area (Å²) in [7, 11) is -2.99. The summed E-state index contributed by atoms with van der Waals surface area (Å²) in [5, 5.41) is 20.3. The van der Waals surface area contributed by atoms with E-state index in [1.54, 1.807) is 22.5 Å². The number of hydrogen-bond donors (Lipinski definition) is 6. The Morgan fingerprint density at radius 1 is 1.00 bits per heavy atom. The van der Waals surface area contributed by atoms with Crippen LogP contribution in [0.25, 0.3) is 0 Å². The molecule has 0 unspecified atom stereocenters. The molecule has 0 saturated carbocycles. The normalized spacial score (nSPS) is 17.0. The zero-order valence-electron chi connectivity index (χ0n) is 23.0. The van der Waals surface area contributed by atoms with E-state index in [4.69, 9.17) is 0 Å². The van der Waals surface area contributed by atoms with Crippen LogP contribution in [0, 0.1) is 11.6 Å². The number of aliphatic hydroxyl groups excluding tert-OH is 1. The van der Waals surface area contributed by atoms with E-state index in [0.717, 1.165) is 24.5 Å². The number of carbonyl (C=O) groups is 1. The molecule has 0 aliphatic carbocycles. The number of nitrogens with zero attached hydrogens (tertiary/aromatic N) is 1. The topological polar surface area (TPSA) is 117 Å². The van der Waals surface area contributed by atoms with Crippen LogP contribution in [0.4, 0.5) is 20.2 Å². The molecular weight excluding hydrogens is 550 g/mol. The molecule has 1 heterocycles. The number of hydrogen-bond acceptors (Lipinski definition) is 7. The van der Waals surface area contributed by atoms with Crippen LogP contribution in [0.15, 0.2) is 66.7 Å². The van der Waals surface area contributed by atoms with Gasteiger partial charge in [0.05, 0.1) is 23.6 Å². The first-order chi connectivity index (χ1) is 19.6. The molecule has 6 N–H and O–H groups in total. The number of nitrogens with one attached hydrogen (secondary N) is 3. The first-order valence-corrected chi connectivity index (χ1v) is 15.4. The lowest BCUT2D eigenvalue weighted by molar-refractivity contribution is 0.0830. The molecule has 1 saturated heterocycles. The van der Waals surface area contributed by atoms with Gasteiger partial charge in [0.1, 0.15) is 11.6 Å². The smallest absolute Gasteiger partial charge is 0.251 e. The van der Waals surface area contributed by atoms with Gasteiger partial charge in [0.15, 0.2) is 0 Å². The van der Waals surface area contributed by atoms with Gasteiger partial charge in [0.2, 0.25) is 0 Å². The molecule has 8 nitrogen and oxygen atoms in total. The minimum Gasteiger partial charge on any atom is -0.390 e. The first-order valence-electron chi connectivity index (χ1n) is 13.8. The zero-order chi connectivity index (χ0) is 29.4. The molecule has 11 heteroatoms. The summed E-state index contributed by atoms with van der Waals surface area (Å²) < 4.78 is 50.0. The van der Waals surface area contributed by atoms with Crippen LogP contribution in [0.3, 0.4) is 0 Å². The Labute approximate surface area is 241 Å². The largest absolute Gasteiger partial charge is 0.390 e. The van der Waals surface area contributed by atoms with Crippen LogP contribution in [-0.2, 0) is 13.0 Å². The molecule has 0 aromatic heterocycles. The molecule has 41 heavy (non-hydrogen) atoms. The van der Waals surface area contributed by atoms with Crippen LogP contribution >= 0.6 is 10.8 Å². The average Bonchev–Trinajstić information content (AvgIpc) is 2.92. The van der Waals surface area contributed by atoms with Crippen molar-refractivity contribution in [2.75, 3.05) is 35.0 Å². The minimum absolute atomic E-state index is 0.0628. The summed E-state index contributed by atoms with van der Waals surface area (Å²) in [5.74, 6) is -1.50. The fraction of sp³-hybridized carbons (Fsp3) is 0.367. The summed E-state index contributed by atoms with van der Waals surface area (Å²) in [6, 6.07) is 17.1. The van der Waals surface area contributed by atoms with E-state index in [1.165, 1.54) is 12.1 Å². The summed E-state index contributed by atoms with van der Waals surface area (Å²) in [4.78, 5) is 13.6. The number of halogens is 2. The van der Waals surface area contributed by atoms with E-state index in [-0.39, 0.29) is 18.8 Å².